The first-order valence-electron chi connectivity index (χ1n) is 8.84. The van der Waals surface area contributed by atoms with Gasteiger partial charge >= 0.3 is 5.97 Å². The Bertz CT molecular complexity index is 761. The third-order valence-electron chi connectivity index (χ3n) is 4.95. The minimum absolute atomic E-state index is 0.145. The van der Waals surface area contributed by atoms with Crippen molar-refractivity contribution in [3.05, 3.63) is 39.4 Å². The lowest BCUT2D eigenvalue weighted by atomic mass is 9.88. The molecule has 0 spiro atoms. The molecule has 1 N–H and O–H groups in total. The number of ketones is 1. The molecule has 1 aromatic carbocycles. The number of ether oxygens (including phenoxy) is 1. The second-order valence-corrected chi connectivity index (χ2v) is 7.16. The van der Waals surface area contributed by atoms with Gasteiger partial charge in [0.15, 0.2) is 6.61 Å². The van der Waals surface area contributed by atoms with Gasteiger partial charge in [-0.3, -0.25) is 24.5 Å². The summed E-state index contributed by atoms with van der Waals surface area (Å²) >= 11 is 0. The zero-order chi connectivity index (χ0) is 20.1. The Balaban J connectivity index is 1.86. The van der Waals surface area contributed by atoms with Crippen LogP contribution >= 0.6 is 0 Å². The molecule has 0 radical (unpaired) electrons. The van der Waals surface area contributed by atoms with Crippen molar-refractivity contribution < 1.29 is 24.0 Å². The van der Waals surface area contributed by atoms with Crippen LogP contribution in [0.2, 0.25) is 0 Å². The maximum Gasteiger partial charge on any atom is 0.307 e. The summed E-state index contributed by atoms with van der Waals surface area (Å²) in [6, 6.07) is 5.55. The molecule has 1 aromatic rings. The van der Waals surface area contributed by atoms with E-state index >= 15 is 0 Å². The molecule has 1 aliphatic rings. The molecule has 2 rings (SSSR count). The lowest BCUT2D eigenvalue weighted by Gasteiger charge is -2.17. The number of aryl methyl sites for hydroxylation is 2. The Morgan fingerprint density at radius 1 is 1.33 bits per heavy atom. The highest BCUT2D eigenvalue weighted by Crippen LogP contribution is 2.36. The molecule has 0 aliphatic heterocycles. The summed E-state index contributed by atoms with van der Waals surface area (Å²) in [5.41, 5.74) is 2.59. The molecule has 8 nitrogen and oxygen atoms in total. The fraction of sp³-hybridized carbons (Fsp3) is 0.526. The smallest absolute Gasteiger partial charge is 0.307 e. The molecule has 1 aliphatic carbocycles. The summed E-state index contributed by atoms with van der Waals surface area (Å²) in [6.07, 6.45) is -0.0117. The summed E-state index contributed by atoms with van der Waals surface area (Å²) in [5, 5.41) is 13.5. The van der Waals surface area contributed by atoms with E-state index in [2.05, 4.69) is 5.32 Å². The van der Waals surface area contributed by atoms with Crippen LogP contribution in [0, 0.1) is 41.7 Å². The molecule has 1 fully saturated rings. The van der Waals surface area contributed by atoms with Crippen molar-refractivity contribution in [2.45, 2.75) is 33.6 Å². The molecule has 1 amide bonds. The Hall–Kier alpha value is -2.77. The van der Waals surface area contributed by atoms with Crippen molar-refractivity contribution in [2.75, 3.05) is 18.5 Å². The van der Waals surface area contributed by atoms with Crippen LogP contribution < -0.4 is 5.32 Å². The van der Waals surface area contributed by atoms with Gasteiger partial charge in [0.25, 0.3) is 5.91 Å². The first-order valence-corrected chi connectivity index (χ1v) is 8.84. The van der Waals surface area contributed by atoms with Gasteiger partial charge in [-0.2, -0.15) is 0 Å². The predicted molar refractivity (Wildman–Crippen MR) is 97.8 cm³/mol. The average Bonchev–Trinajstić information content (AvgIpc) is 2.82. The zero-order valence-corrected chi connectivity index (χ0v) is 15.7. The number of anilines is 1. The molecule has 0 saturated heterocycles. The fourth-order valence-electron chi connectivity index (χ4n) is 3.52. The van der Waals surface area contributed by atoms with E-state index in [0.29, 0.717) is 5.69 Å². The highest BCUT2D eigenvalue weighted by molar-refractivity contribution is 5.94. The number of hydrogen-bond acceptors (Lipinski definition) is 6. The maximum absolute atomic E-state index is 12.0. The molecular formula is C19H24N2O6. The van der Waals surface area contributed by atoms with Gasteiger partial charge in [-0.05, 0) is 31.4 Å². The van der Waals surface area contributed by atoms with Crippen LogP contribution in [0.5, 0.6) is 0 Å². The van der Waals surface area contributed by atoms with Crippen molar-refractivity contribution in [1.82, 2.24) is 0 Å². The Kier molecular flexibility index (Phi) is 6.65. The van der Waals surface area contributed by atoms with Crippen LogP contribution in [0.25, 0.3) is 0 Å². The molecule has 0 unspecified atom stereocenters. The molecule has 8 heteroatoms. The third-order valence-corrected chi connectivity index (χ3v) is 4.95. The second-order valence-electron chi connectivity index (χ2n) is 7.16. The number of nitro groups is 1. The van der Waals surface area contributed by atoms with Gasteiger partial charge in [0.2, 0.25) is 6.54 Å². The van der Waals surface area contributed by atoms with E-state index in [1.165, 1.54) is 0 Å². The number of carbonyl (C=O) groups is 3. The van der Waals surface area contributed by atoms with Crippen molar-refractivity contribution >= 4 is 23.3 Å². The van der Waals surface area contributed by atoms with Crippen LogP contribution in [0.1, 0.15) is 30.9 Å². The van der Waals surface area contributed by atoms with Crippen LogP contribution in [0.15, 0.2) is 18.2 Å². The van der Waals surface area contributed by atoms with Gasteiger partial charge in [-0.15, -0.1) is 0 Å². The molecule has 0 heterocycles. The lowest BCUT2D eigenvalue weighted by Crippen LogP contribution is -2.28. The van der Waals surface area contributed by atoms with E-state index in [1.807, 2.05) is 26.0 Å². The normalized spacial score (nSPS) is 21.7. The van der Waals surface area contributed by atoms with Gasteiger partial charge in [-0.25, -0.2) is 0 Å². The number of Topliss-reactive ketones (excluding diaryl/α,β-unsaturated/α-hetero) is 1. The Labute approximate surface area is 157 Å². The topological polar surface area (TPSA) is 116 Å². The van der Waals surface area contributed by atoms with Gasteiger partial charge in [0, 0.05) is 28.9 Å². The average molecular weight is 376 g/mol. The first kappa shape index (κ1) is 20.5. The molecule has 3 atom stereocenters. The van der Waals surface area contributed by atoms with Crippen LogP contribution in [-0.4, -0.2) is 35.7 Å². The third kappa shape index (κ3) is 5.60. The number of amides is 1. The van der Waals surface area contributed by atoms with E-state index < -0.39 is 35.2 Å². The number of benzene rings is 1. The number of hydrogen-bond donors (Lipinski definition) is 1. The van der Waals surface area contributed by atoms with Crippen molar-refractivity contribution in [1.29, 1.82) is 0 Å². The summed E-state index contributed by atoms with van der Waals surface area (Å²) in [7, 11) is 0. The highest BCUT2D eigenvalue weighted by Gasteiger charge is 2.44. The number of carbonyl (C=O) groups excluding carboxylic acids is 3. The highest BCUT2D eigenvalue weighted by atomic mass is 16.6. The monoisotopic (exact) mass is 376 g/mol. The van der Waals surface area contributed by atoms with Gasteiger partial charge in [-0.1, -0.05) is 24.6 Å². The molecule has 146 valence electrons. The lowest BCUT2D eigenvalue weighted by molar-refractivity contribution is -0.490. The Morgan fingerprint density at radius 3 is 2.67 bits per heavy atom. The van der Waals surface area contributed by atoms with E-state index in [0.717, 1.165) is 11.1 Å². The fourth-order valence-corrected chi connectivity index (χ4v) is 3.52. The number of nitrogens with zero attached hydrogens (tertiary/aromatic N) is 1. The quantitative estimate of drug-likeness (QED) is 0.443. The van der Waals surface area contributed by atoms with Gasteiger partial charge in [0.1, 0.15) is 5.78 Å². The summed E-state index contributed by atoms with van der Waals surface area (Å²) in [6.45, 7) is 4.75. The molecular weight excluding hydrogens is 352 g/mol. The van der Waals surface area contributed by atoms with E-state index in [9.17, 15) is 24.5 Å². The summed E-state index contributed by atoms with van der Waals surface area (Å²) in [5.74, 6) is -2.70. The molecule has 0 bridgehead atoms. The van der Waals surface area contributed by atoms with Crippen molar-refractivity contribution in [3.63, 3.8) is 0 Å². The van der Waals surface area contributed by atoms with E-state index in [1.54, 1.807) is 13.0 Å². The van der Waals surface area contributed by atoms with Crippen LogP contribution in [0.3, 0.4) is 0 Å². The standard InChI is InChI=1S/C19H24N2O6/c1-11-4-5-16(13(3)6-11)20-18(23)10-27-19(24)8-14-15(9-21(25)26)12(2)7-17(14)22/h4-6,12,14-15H,7-10H2,1-3H3,(H,20,23)/t12-,14-,15+/m1/s1. The minimum atomic E-state index is -0.722. The van der Waals surface area contributed by atoms with Gasteiger partial charge < -0.3 is 10.1 Å². The Morgan fingerprint density at radius 2 is 2.04 bits per heavy atom. The number of rotatable bonds is 7. The maximum atomic E-state index is 12.0. The molecule has 0 aromatic heterocycles. The predicted octanol–water partition coefficient (Wildman–Crippen LogP) is 2.29. The second kappa shape index (κ2) is 8.75. The minimum Gasteiger partial charge on any atom is -0.456 e. The summed E-state index contributed by atoms with van der Waals surface area (Å²) in [4.78, 5) is 46.4. The van der Waals surface area contributed by atoms with E-state index in [-0.39, 0.29) is 31.1 Å². The number of esters is 1. The van der Waals surface area contributed by atoms with Crippen molar-refractivity contribution in [2.24, 2.45) is 17.8 Å². The molecule has 1 saturated carbocycles. The van der Waals surface area contributed by atoms with E-state index in [4.69, 9.17) is 4.74 Å². The summed E-state index contributed by atoms with van der Waals surface area (Å²) < 4.78 is 4.97. The molecule has 27 heavy (non-hydrogen) atoms. The van der Waals surface area contributed by atoms with Crippen molar-refractivity contribution in [3.8, 4) is 0 Å². The zero-order valence-electron chi connectivity index (χ0n) is 15.7. The first-order chi connectivity index (χ1) is 12.7. The SMILES string of the molecule is Cc1ccc(NC(=O)COC(=O)C[C@H]2C(=O)C[C@@H](C)[C@@H]2C[N+](=O)[O-])c(C)c1. The van der Waals surface area contributed by atoms with Crippen LogP contribution in [0.4, 0.5) is 5.69 Å². The number of nitrogens with one attached hydrogen (secondary N) is 1. The van der Waals surface area contributed by atoms with Crippen LogP contribution in [-0.2, 0) is 19.1 Å². The largest absolute Gasteiger partial charge is 0.456 e. The van der Waals surface area contributed by atoms with Gasteiger partial charge in [0.05, 0.1) is 6.42 Å².